The molecule has 0 N–H and O–H groups in total. The van der Waals surface area contributed by atoms with Crippen LogP contribution < -0.4 is 4.74 Å². The van der Waals surface area contributed by atoms with Gasteiger partial charge in [-0.05, 0) is 56.0 Å². The van der Waals surface area contributed by atoms with Gasteiger partial charge in [0.1, 0.15) is 11.9 Å². The molecule has 2 fully saturated rings. The highest BCUT2D eigenvalue weighted by Crippen LogP contribution is 2.37. The Kier molecular flexibility index (Phi) is 9.67. The molecule has 0 unspecified atom stereocenters. The number of carbonyl (C=O) groups is 2. The minimum atomic E-state index is -3.55. The van der Waals surface area contributed by atoms with E-state index in [1.54, 1.807) is 29.2 Å². The van der Waals surface area contributed by atoms with Crippen LogP contribution in [0.15, 0.2) is 47.4 Å². The van der Waals surface area contributed by atoms with Crippen LogP contribution in [0.25, 0.3) is 0 Å². The third-order valence-electron chi connectivity index (χ3n) is 7.26. The molecule has 0 amide bonds. The minimum Gasteiger partial charge on any atom is -0.490 e. The molecule has 2 aromatic rings. The van der Waals surface area contributed by atoms with Crippen LogP contribution >= 0.6 is 23.2 Å². The van der Waals surface area contributed by atoms with Gasteiger partial charge in [-0.1, -0.05) is 29.3 Å². The van der Waals surface area contributed by atoms with E-state index in [1.807, 2.05) is 6.07 Å². The van der Waals surface area contributed by atoms with E-state index in [4.69, 9.17) is 37.4 Å². The van der Waals surface area contributed by atoms with Crippen molar-refractivity contribution < 1.29 is 32.2 Å². The van der Waals surface area contributed by atoms with Gasteiger partial charge in [0.05, 0.1) is 20.5 Å². The quantitative estimate of drug-likeness (QED) is 0.311. The highest BCUT2D eigenvalue weighted by atomic mass is 35.5. The van der Waals surface area contributed by atoms with Crippen LogP contribution in [-0.2, 0) is 34.8 Å². The Balaban J connectivity index is 1.45. The molecule has 2 aromatic carbocycles. The molecule has 2 heterocycles. The standard InChI is InChI=1S/C28H34Cl2N2O7S/c1-19(33)38-28(39-20(2)34,21-5-4-6-25(17-21)40(3,35)36)32-15-9-22(10-16-32)31-13-11-23(12-14-31)37-24-7-8-26(29)27(30)18-24/h4-8,17-18,22-23H,9-16H2,1-3H3. The van der Waals surface area contributed by atoms with Crippen molar-refractivity contribution in [3.05, 3.63) is 58.1 Å². The molecule has 0 spiro atoms. The van der Waals surface area contributed by atoms with E-state index in [2.05, 4.69) is 4.90 Å². The van der Waals surface area contributed by atoms with Crippen molar-refractivity contribution in [3.8, 4) is 5.75 Å². The number of carbonyl (C=O) groups excluding carboxylic acids is 2. The fourth-order valence-electron chi connectivity index (χ4n) is 5.39. The summed E-state index contributed by atoms with van der Waals surface area (Å²) in [4.78, 5) is 28.8. The second kappa shape index (κ2) is 12.7. The molecule has 2 aliphatic heterocycles. The predicted molar refractivity (Wildman–Crippen MR) is 151 cm³/mol. The first-order chi connectivity index (χ1) is 18.9. The molecular formula is C28H34Cl2N2O7S. The molecular weight excluding hydrogens is 579 g/mol. The minimum absolute atomic E-state index is 0.0366. The Morgan fingerprint density at radius 1 is 0.875 bits per heavy atom. The van der Waals surface area contributed by atoms with Gasteiger partial charge in [0, 0.05) is 58.4 Å². The summed E-state index contributed by atoms with van der Waals surface area (Å²) in [5.41, 5.74) is 0.263. The zero-order valence-corrected chi connectivity index (χ0v) is 25.1. The van der Waals surface area contributed by atoms with Gasteiger partial charge in [-0.3, -0.25) is 9.59 Å². The predicted octanol–water partition coefficient (Wildman–Crippen LogP) is 4.64. The summed E-state index contributed by atoms with van der Waals surface area (Å²) >= 11 is 12.1. The van der Waals surface area contributed by atoms with Crippen LogP contribution in [0.5, 0.6) is 5.75 Å². The monoisotopic (exact) mass is 612 g/mol. The average Bonchev–Trinajstić information content (AvgIpc) is 2.90. The number of likely N-dealkylation sites (tertiary alicyclic amines) is 2. The second-order valence-corrected chi connectivity index (χ2v) is 13.0. The first-order valence-electron chi connectivity index (χ1n) is 13.2. The summed E-state index contributed by atoms with van der Waals surface area (Å²) < 4.78 is 42.0. The van der Waals surface area contributed by atoms with Crippen molar-refractivity contribution in [2.75, 3.05) is 32.4 Å². The lowest BCUT2D eigenvalue weighted by Gasteiger charge is -2.47. The topological polar surface area (TPSA) is 102 Å². The number of esters is 2. The van der Waals surface area contributed by atoms with Gasteiger partial charge in [0.15, 0.2) is 9.84 Å². The lowest BCUT2D eigenvalue weighted by molar-refractivity contribution is -0.300. The Labute approximate surface area is 245 Å². The number of hydrogen-bond donors (Lipinski definition) is 0. The fourth-order valence-corrected chi connectivity index (χ4v) is 6.34. The van der Waals surface area contributed by atoms with Gasteiger partial charge >= 0.3 is 17.8 Å². The van der Waals surface area contributed by atoms with Gasteiger partial charge in [-0.25, -0.2) is 13.3 Å². The van der Waals surface area contributed by atoms with E-state index < -0.39 is 27.7 Å². The molecule has 40 heavy (non-hydrogen) atoms. The largest absolute Gasteiger partial charge is 0.490 e. The summed E-state index contributed by atoms with van der Waals surface area (Å²) in [5, 5.41) is 0.953. The highest BCUT2D eigenvalue weighted by Gasteiger charge is 2.48. The molecule has 2 aliphatic rings. The molecule has 9 nitrogen and oxygen atoms in total. The second-order valence-electron chi connectivity index (χ2n) is 10.2. The summed E-state index contributed by atoms with van der Waals surface area (Å²) in [5.74, 6) is -2.48. The van der Waals surface area contributed by atoms with Crippen LogP contribution in [0.2, 0.25) is 10.0 Å². The van der Waals surface area contributed by atoms with E-state index in [-0.39, 0.29) is 22.6 Å². The average molecular weight is 614 g/mol. The van der Waals surface area contributed by atoms with Gasteiger partial charge in [-0.15, -0.1) is 0 Å². The number of hydrogen-bond acceptors (Lipinski definition) is 9. The molecule has 0 saturated carbocycles. The Morgan fingerprint density at radius 2 is 1.50 bits per heavy atom. The first-order valence-corrected chi connectivity index (χ1v) is 15.8. The molecule has 0 aromatic heterocycles. The van der Waals surface area contributed by atoms with Crippen molar-refractivity contribution in [2.45, 2.75) is 62.5 Å². The SMILES string of the molecule is CC(=O)OC(OC(C)=O)(c1cccc(S(C)(=O)=O)c1)N1CCC(N2CCC(Oc3ccc(Cl)c(Cl)c3)CC2)CC1. The zero-order valence-electron chi connectivity index (χ0n) is 22.8. The lowest BCUT2D eigenvalue weighted by Crippen LogP contribution is -2.57. The van der Waals surface area contributed by atoms with Crippen LogP contribution in [0.1, 0.15) is 45.1 Å². The normalized spacial score (nSPS) is 18.3. The third kappa shape index (κ3) is 7.28. The molecule has 218 valence electrons. The molecule has 4 rings (SSSR count). The number of sulfone groups is 1. The zero-order chi connectivity index (χ0) is 29.1. The molecule has 12 heteroatoms. The summed E-state index contributed by atoms with van der Waals surface area (Å²) in [6.07, 6.45) is 4.39. The molecule has 0 radical (unpaired) electrons. The Bertz CT molecular complexity index is 1320. The third-order valence-corrected chi connectivity index (χ3v) is 9.11. The smallest absolute Gasteiger partial charge is 0.348 e. The van der Waals surface area contributed by atoms with Crippen LogP contribution in [0.4, 0.5) is 0 Å². The number of rotatable bonds is 8. The van der Waals surface area contributed by atoms with Crippen molar-refractivity contribution in [3.63, 3.8) is 0 Å². The van der Waals surface area contributed by atoms with E-state index in [0.29, 0.717) is 28.9 Å². The van der Waals surface area contributed by atoms with Crippen LogP contribution in [-0.4, -0.2) is 74.7 Å². The maximum atomic E-state index is 12.3. The number of nitrogens with zero attached hydrogens (tertiary/aromatic N) is 2. The van der Waals surface area contributed by atoms with Gasteiger partial charge in [0.2, 0.25) is 0 Å². The maximum Gasteiger partial charge on any atom is 0.348 e. The van der Waals surface area contributed by atoms with Crippen LogP contribution in [0.3, 0.4) is 0 Å². The molecule has 0 atom stereocenters. The van der Waals surface area contributed by atoms with Crippen molar-refractivity contribution in [1.82, 2.24) is 9.80 Å². The Hall–Kier alpha value is -2.37. The van der Waals surface area contributed by atoms with Crippen molar-refractivity contribution >= 4 is 45.0 Å². The number of halogens is 2. The van der Waals surface area contributed by atoms with E-state index in [1.165, 1.54) is 26.0 Å². The fraction of sp³-hybridized carbons (Fsp3) is 0.500. The maximum absolute atomic E-state index is 12.3. The number of piperidine rings is 2. The Morgan fingerprint density at radius 3 is 2.05 bits per heavy atom. The van der Waals surface area contributed by atoms with Crippen LogP contribution in [0, 0.1) is 0 Å². The van der Waals surface area contributed by atoms with E-state index in [9.17, 15) is 18.0 Å². The van der Waals surface area contributed by atoms with Gasteiger partial charge < -0.3 is 19.1 Å². The number of ether oxygens (including phenoxy) is 3. The van der Waals surface area contributed by atoms with Gasteiger partial charge in [0.25, 0.3) is 0 Å². The lowest BCUT2D eigenvalue weighted by atomic mass is 9.97. The molecule has 2 saturated heterocycles. The van der Waals surface area contributed by atoms with Crippen molar-refractivity contribution in [1.29, 1.82) is 0 Å². The molecule has 0 aliphatic carbocycles. The van der Waals surface area contributed by atoms with E-state index >= 15 is 0 Å². The summed E-state index contributed by atoms with van der Waals surface area (Å²) in [6.45, 7) is 5.13. The van der Waals surface area contributed by atoms with Crippen molar-refractivity contribution in [2.24, 2.45) is 0 Å². The highest BCUT2D eigenvalue weighted by molar-refractivity contribution is 7.90. The summed E-state index contributed by atoms with van der Waals surface area (Å²) in [7, 11) is -3.55. The summed E-state index contributed by atoms with van der Waals surface area (Å²) in [6, 6.07) is 11.6. The number of benzene rings is 2. The van der Waals surface area contributed by atoms with Gasteiger partial charge in [-0.2, -0.15) is 0 Å². The molecule has 0 bridgehead atoms. The first kappa shape index (κ1) is 30.6. The van der Waals surface area contributed by atoms with E-state index in [0.717, 1.165) is 45.0 Å².